The Balaban J connectivity index is 2.61. The van der Waals surface area contributed by atoms with Crippen LogP contribution in [0.25, 0.3) is 0 Å². The molecule has 3 nitrogen and oxygen atoms in total. The molecule has 1 N–H and O–H groups in total. The van der Waals surface area contributed by atoms with Crippen LogP contribution in [0, 0.1) is 12.7 Å². The molecule has 0 radical (unpaired) electrons. The van der Waals surface area contributed by atoms with Gasteiger partial charge in [0, 0.05) is 4.88 Å². The molecule has 2 aromatic rings. The van der Waals surface area contributed by atoms with E-state index >= 15 is 0 Å². The van der Waals surface area contributed by atoms with Crippen molar-refractivity contribution in [1.29, 1.82) is 0 Å². The topological polar surface area (TPSA) is 38.3 Å². The normalized spacial score (nSPS) is 15.1. The van der Waals surface area contributed by atoms with Gasteiger partial charge in [0.25, 0.3) is 0 Å². The van der Waals surface area contributed by atoms with Gasteiger partial charge in [0.1, 0.15) is 5.82 Å². The quantitative estimate of drug-likeness (QED) is 0.334. The maximum Gasteiger partial charge on any atom is 0.192 e. The lowest BCUT2D eigenvalue weighted by Gasteiger charge is -2.36. The summed E-state index contributed by atoms with van der Waals surface area (Å²) in [6, 6.07) is 4.40. The minimum atomic E-state index is -2.00. The third-order valence-corrected chi connectivity index (χ3v) is 14.4. The van der Waals surface area contributed by atoms with Crippen LogP contribution < -0.4 is 4.72 Å². The molecule has 0 aliphatic rings. The second-order valence-corrected chi connectivity index (χ2v) is 19.8. The molecule has 1 heterocycles. The predicted molar refractivity (Wildman–Crippen MR) is 143 cm³/mol. The van der Waals surface area contributed by atoms with E-state index in [1.54, 1.807) is 6.07 Å². The number of benzene rings is 1. The molecule has 1 aromatic carbocycles. The predicted octanol–water partition coefficient (Wildman–Crippen LogP) is 8.27. The maximum absolute atomic E-state index is 14.5. The van der Waals surface area contributed by atoms with Gasteiger partial charge in [-0.25, -0.2) is 13.3 Å². The number of hydrogen-bond donors (Lipinski definition) is 1. The first kappa shape index (κ1) is 28.1. The van der Waals surface area contributed by atoms with E-state index in [2.05, 4.69) is 54.5 Å². The van der Waals surface area contributed by atoms with Crippen LogP contribution in [0.5, 0.6) is 0 Å². The summed E-state index contributed by atoms with van der Waals surface area (Å²) in [7, 11) is -3.39. The molecule has 0 saturated carbocycles. The van der Waals surface area contributed by atoms with E-state index in [-0.39, 0.29) is 10.9 Å². The number of hydrogen-bond acceptors (Lipinski definition) is 3. The van der Waals surface area contributed by atoms with Gasteiger partial charge < -0.3 is 4.43 Å². The van der Waals surface area contributed by atoms with Crippen molar-refractivity contribution in [2.24, 2.45) is 0 Å². The third kappa shape index (κ3) is 6.32. The third-order valence-electron chi connectivity index (χ3n) is 5.94. The Morgan fingerprint density at radius 3 is 2.38 bits per heavy atom. The van der Waals surface area contributed by atoms with Gasteiger partial charge in [-0.3, -0.25) is 0 Å². The highest BCUT2D eigenvalue weighted by molar-refractivity contribution is 9.10. The number of rotatable bonds is 7. The molecular formula is C23H34BrClFNO2S2Si. The van der Waals surface area contributed by atoms with Gasteiger partial charge in [0.2, 0.25) is 0 Å². The zero-order valence-electron chi connectivity index (χ0n) is 20.3. The van der Waals surface area contributed by atoms with Gasteiger partial charge in [-0.2, -0.15) is 0 Å². The fourth-order valence-electron chi connectivity index (χ4n) is 2.81. The summed E-state index contributed by atoms with van der Waals surface area (Å²) in [5, 5.41) is 0.0697. The second kappa shape index (κ2) is 10.3. The van der Waals surface area contributed by atoms with Crippen molar-refractivity contribution < 1.29 is 13.0 Å². The van der Waals surface area contributed by atoms with Crippen LogP contribution in [0.2, 0.25) is 22.5 Å². The lowest BCUT2D eigenvalue weighted by molar-refractivity contribution is 0.278. The Hall–Kier alpha value is -0.0931. The average molecular weight is 583 g/mol. The van der Waals surface area contributed by atoms with E-state index in [0.29, 0.717) is 21.0 Å². The molecule has 32 heavy (non-hydrogen) atoms. The summed E-state index contributed by atoms with van der Waals surface area (Å²) in [6.07, 6.45) is 0. The van der Waals surface area contributed by atoms with Crippen LogP contribution in [-0.2, 0) is 22.0 Å². The molecule has 2 rings (SSSR count). The fourth-order valence-corrected chi connectivity index (χ4v) is 6.51. The highest BCUT2D eigenvalue weighted by Gasteiger charge is 2.38. The van der Waals surface area contributed by atoms with Gasteiger partial charge in [0.05, 0.1) is 37.2 Å². The Morgan fingerprint density at radius 1 is 1.25 bits per heavy atom. The second-order valence-electron chi connectivity index (χ2n) is 10.5. The molecule has 1 aromatic heterocycles. The van der Waals surface area contributed by atoms with Crippen LogP contribution in [0.4, 0.5) is 4.39 Å². The Labute approximate surface area is 213 Å². The lowest BCUT2D eigenvalue weighted by atomic mass is 9.97. The van der Waals surface area contributed by atoms with Crippen molar-refractivity contribution >= 4 is 58.2 Å². The molecule has 0 saturated heterocycles. The zero-order valence-corrected chi connectivity index (χ0v) is 25.3. The molecule has 0 bridgehead atoms. The van der Waals surface area contributed by atoms with E-state index in [0.717, 1.165) is 16.0 Å². The molecule has 0 aliphatic carbocycles. The Morgan fingerprint density at radius 2 is 1.84 bits per heavy atom. The molecular weight excluding hydrogens is 549 g/mol. The van der Waals surface area contributed by atoms with Crippen molar-refractivity contribution in [1.82, 2.24) is 4.72 Å². The van der Waals surface area contributed by atoms with Gasteiger partial charge in [-0.15, -0.1) is 11.3 Å². The SMILES string of the molecule is Cc1c(Cl)sc(CO[Si](C)(C)C(C)(C)C)c1[C@@H](N[S@](=O)C(C)(C)C)c1cccc(F)c1Br. The molecule has 0 aliphatic heterocycles. The first-order valence-corrected chi connectivity index (χ1v) is 16.6. The van der Waals surface area contributed by atoms with Gasteiger partial charge in [-0.1, -0.05) is 44.5 Å². The summed E-state index contributed by atoms with van der Waals surface area (Å²) in [5.41, 5.74) is 2.47. The van der Waals surface area contributed by atoms with Crippen molar-refractivity contribution in [3.63, 3.8) is 0 Å². The highest BCUT2D eigenvalue weighted by Crippen LogP contribution is 2.43. The standard InChI is InChI=1S/C23H34BrClFNO2S2Si/c1-14-18(17(30-21(14)25)13-29-32(8,9)23(5,6)7)20(27-31(28)22(2,3)4)15-11-10-12-16(26)19(15)24/h10-12,20,27H,13H2,1-9H3/t20-,31+/m0/s1. The molecule has 180 valence electrons. The molecule has 9 heteroatoms. The molecule has 2 atom stereocenters. The summed E-state index contributed by atoms with van der Waals surface area (Å²) in [5.74, 6) is -0.367. The van der Waals surface area contributed by atoms with Crippen LogP contribution >= 0.6 is 38.9 Å². The average Bonchev–Trinajstić information content (AvgIpc) is 2.93. The van der Waals surface area contributed by atoms with Crippen LogP contribution in [0.3, 0.4) is 0 Å². The van der Waals surface area contributed by atoms with Crippen molar-refractivity contribution in [2.45, 2.75) is 84.0 Å². The molecule has 0 unspecified atom stereocenters. The van der Waals surface area contributed by atoms with E-state index in [1.165, 1.54) is 17.4 Å². The largest absolute Gasteiger partial charge is 0.412 e. The fraction of sp³-hybridized carbons (Fsp3) is 0.565. The van der Waals surface area contributed by atoms with Crippen LogP contribution in [-0.4, -0.2) is 17.3 Å². The van der Waals surface area contributed by atoms with Crippen molar-refractivity contribution in [3.8, 4) is 0 Å². The smallest absolute Gasteiger partial charge is 0.192 e. The highest BCUT2D eigenvalue weighted by atomic mass is 79.9. The summed E-state index contributed by atoms with van der Waals surface area (Å²) < 4.78 is 37.9. The summed E-state index contributed by atoms with van der Waals surface area (Å²) in [4.78, 5) is 0.969. The summed E-state index contributed by atoms with van der Waals surface area (Å²) in [6.45, 7) is 19.1. The zero-order chi connectivity index (χ0) is 24.6. The van der Waals surface area contributed by atoms with E-state index in [4.69, 9.17) is 16.0 Å². The van der Waals surface area contributed by atoms with Crippen LogP contribution in [0.15, 0.2) is 22.7 Å². The number of halogens is 3. The lowest BCUT2D eigenvalue weighted by Crippen LogP contribution is -2.40. The number of thiophene rings is 1. The van der Waals surface area contributed by atoms with E-state index < -0.39 is 30.1 Å². The van der Waals surface area contributed by atoms with Gasteiger partial charge >= 0.3 is 0 Å². The molecule has 0 amide bonds. The Kier molecular flexibility index (Phi) is 9.02. The molecule has 0 fully saturated rings. The minimum Gasteiger partial charge on any atom is -0.412 e. The van der Waals surface area contributed by atoms with Gasteiger partial charge in [-0.05, 0) is 84.5 Å². The van der Waals surface area contributed by atoms with Crippen molar-refractivity contribution in [2.75, 3.05) is 0 Å². The Bertz CT molecular complexity index is 999. The number of nitrogens with one attached hydrogen (secondary N) is 1. The van der Waals surface area contributed by atoms with Crippen LogP contribution in [0.1, 0.15) is 69.2 Å². The first-order chi connectivity index (χ1) is 14.5. The van der Waals surface area contributed by atoms with Crippen molar-refractivity contribution in [3.05, 3.63) is 54.4 Å². The summed E-state index contributed by atoms with van der Waals surface area (Å²) >= 11 is 11.5. The maximum atomic E-state index is 14.5. The molecule has 0 spiro atoms. The van der Waals surface area contributed by atoms with E-state index in [1.807, 2.05) is 33.8 Å². The minimum absolute atomic E-state index is 0.0697. The monoisotopic (exact) mass is 581 g/mol. The first-order valence-electron chi connectivity index (χ1n) is 10.5. The van der Waals surface area contributed by atoms with E-state index in [9.17, 15) is 8.60 Å². The van der Waals surface area contributed by atoms with Gasteiger partial charge in [0.15, 0.2) is 8.32 Å².